The molecule has 18 heavy (non-hydrogen) atoms. The number of carbonyl (C=O) groups is 3. The lowest BCUT2D eigenvalue weighted by atomic mass is 10.2. The van der Waals surface area contributed by atoms with Crippen LogP contribution in [0.15, 0.2) is 12.3 Å². The third kappa shape index (κ3) is 5.05. The number of carboxylic acids is 3. The molecular formula is C8H10N2O8. The molecule has 6 N–H and O–H groups in total. The molecule has 0 fully saturated rings. The van der Waals surface area contributed by atoms with Crippen molar-refractivity contribution < 1.29 is 39.9 Å². The molecule has 100 valence electrons. The second-order valence-corrected chi connectivity index (χ2v) is 2.83. The van der Waals surface area contributed by atoms with E-state index in [0.29, 0.717) is 0 Å². The van der Waals surface area contributed by atoms with Crippen molar-refractivity contribution >= 4 is 17.9 Å². The third-order valence-electron chi connectivity index (χ3n) is 1.52. The lowest BCUT2D eigenvalue weighted by Crippen LogP contribution is -2.39. The van der Waals surface area contributed by atoms with Crippen molar-refractivity contribution in [2.45, 2.75) is 12.2 Å². The molecule has 0 spiro atoms. The Labute approximate surface area is 99.1 Å². The van der Waals surface area contributed by atoms with Gasteiger partial charge in [0.05, 0.1) is 0 Å². The number of aliphatic carboxylic acids is 2. The predicted molar refractivity (Wildman–Crippen MR) is 52.8 cm³/mol. The minimum absolute atomic E-state index is 0.0463. The zero-order valence-corrected chi connectivity index (χ0v) is 8.72. The highest BCUT2D eigenvalue weighted by atomic mass is 16.4. The Morgan fingerprint density at radius 3 is 1.67 bits per heavy atom. The maximum atomic E-state index is 9.98. The molecule has 0 aliphatic heterocycles. The van der Waals surface area contributed by atoms with Crippen LogP contribution in [-0.2, 0) is 9.59 Å². The Morgan fingerprint density at radius 2 is 1.50 bits per heavy atom. The average Bonchev–Trinajstić information content (AvgIpc) is 2.81. The molecule has 10 heteroatoms. The van der Waals surface area contributed by atoms with Crippen LogP contribution in [0.1, 0.15) is 10.5 Å². The predicted octanol–water partition coefficient (Wildman–Crippen LogP) is -2.01. The molecule has 2 unspecified atom stereocenters. The fourth-order valence-electron chi connectivity index (χ4n) is 0.649. The summed E-state index contributed by atoms with van der Waals surface area (Å²) in [7, 11) is 0. The van der Waals surface area contributed by atoms with Crippen molar-refractivity contribution in [2.75, 3.05) is 0 Å². The first-order chi connectivity index (χ1) is 8.27. The molecule has 0 saturated carbocycles. The van der Waals surface area contributed by atoms with Gasteiger partial charge in [-0.1, -0.05) is 0 Å². The van der Waals surface area contributed by atoms with Crippen LogP contribution in [0.25, 0.3) is 0 Å². The van der Waals surface area contributed by atoms with Gasteiger partial charge in [0.25, 0.3) is 0 Å². The van der Waals surface area contributed by atoms with Gasteiger partial charge in [-0.25, -0.2) is 14.4 Å². The number of nitrogens with zero attached hydrogens (tertiary/aromatic N) is 1. The lowest BCUT2D eigenvalue weighted by molar-refractivity contribution is -0.165. The Balaban J connectivity index is 0.000000327. The van der Waals surface area contributed by atoms with Gasteiger partial charge in [0.1, 0.15) is 0 Å². The van der Waals surface area contributed by atoms with Gasteiger partial charge in [0.2, 0.25) is 0 Å². The molecule has 10 nitrogen and oxygen atoms in total. The van der Waals surface area contributed by atoms with Crippen molar-refractivity contribution in [3.63, 3.8) is 0 Å². The van der Waals surface area contributed by atoms with Crippen molar-refractivity contribution in [1.82, 2.24) is 10.2 Å². The molecule has 1 aromatic heterocycles. The number of aromatic carboxylic acids is 1. The van der Waals surface area contributed by atoms with Crippen molar-refractivity contribution in [3.05, 3.63) is 18.0 Å². The minimum Gasteiger partial charge on any atom is -0.479 e. The monoisotopic (exact) mass is 262 g/mol. The topological polar surface area (TPSA) is 181 Å². The molecule has 0 aliphatic carbocycles. The largest absolute Gasteiger partial charge is 0.479 e. The Hall–Kier alpha value is -2.46. The smallest absolute Gasteiger partial charge is 0.356 e. The summed E-state index contributed by atoms with van der Waals surface area (Å²) in [5.41, 5.74) is 0.0463. The van der Waals surface area contributed by atoms with E-state index in [1.165, 1.54) is 12.3 Å². The van der Waals surface area contributed by atoms with Crippen LogP contribution in [0.5, 0.6) is 0 Å². The van der Waals surface area contributed by atoms with Gasteiger partial charge in [-0.05, 0) is 6.07 Å². The van der Waals surface area contributed by atoms with Gasteiger partial charge >= 0.3 is 17.9 Å². The van der Waals surface area contributed by atoms with Gasteiger partial charge in [-0.2, -0.15) is 5.10 Å². The van der Waals surface area contributed by atoms with Crippen molar-refractivity contribution in [3.8, 4) is 0 Å². The van der Waals surface area contributed by atoms with Gasteiger partial charge in [0.15, 0.2) is 17.9 Å². The van der Waals surface area contributed by atoms with Crippen LogP contribution in [0.2, 0.25) is 0 Å². The minimum atomic E-state index is -2.27. The van der Waals surface area contributed by atoms with E-state index in [4.69, 9.17) is 25.5 Å². The molecule has 1 heterocycles. The van der Waals surface area contributed by atoms with E-state index >= 15 is 0 Å². The number of aliphatic hydroxyl groups excluding tert-OH is 2. The molecule has 2 atom stereocenters. The summed E-state index contributed by atoms with van der Waals surface area (Å²) in [5.74, 6) is -4.55. The Kier molecular flexibility index (Phi) is 6.03. The van der Waals surface area contributed by atoms with E-state index in [2.05, 4.69) is 10.2 Å². The highest BCUT2D eigenvalue weighted by Gasteiger charge is 2.29. The molecular weight excluding hydrogens is 252 g/mol. The molecule has 0 aromatic carbocycles. The highest BCUT2D eigenvalue weighted by molar-refractivity contribution is 5.85. The number of aromatic nitrogens is 2. The average molecular weight is 262 g/mol. The fourth-order valence-corrected chi connectivity index (χ4v) is 0.649. The molecule has 0 amide bonds. The van der Waals surface area contributed by atoms with Crippen molar-refractivity contribution in [1.29, 1.82) is 0 Å². The maximum Gasteiger partial charge on any atom is 0.356 e. The zero-order valence-electron chi connectivity index (χ0n) is 8.72. The Bertz CT molecular complexity index is 397. The summed E-state index contributed by atoms with van der Waals surface area (Å²) in [6.07, 6.45) is -3.07. The van der Waals surface area contributed by atoms with E-state index in [0.717, 1.165) is 0 Å². The van der Waals surface area contributed by atoms with E-state index in [-0.39, 0.29) is 5.69 Å². The van der Waals surface area contributed by atoms with Crippen LogP contribution < -0.4 is 0 Å². The van der Waals surface area contributed by atoms with Crippen LogP contribution in [-0.4, -0.2) is 65.8 Å². The SMILES string of the molecule is O=C(O)C(O)C(O)C(=O)O.O=C(O)c1cc[nH]n1. The summed E-state index contributed by atoms with van der Waals surface area (Å²) in [5, 5.41) is 46.5. The van der Waals surface area contributed by atoms with Gasteiger partial charge in [-0.3, -0.25) is 5.10 Å². The third-order valence-corrected chi connectivity index (χ3v) is 1.52. The number of hydrogen-bond acceptors (Lipinski definition) is 6. The number of aromatic amines is 1. The molecule has 0 aliphatic rings. The summed E-state index contributed by atoms with van der Waals surface area (Å²) in [6.45, 7) is 0. The van der Waals surface area contributed by atoms with E-state index < -0.39 is 30.1 Å². The number of nitrogens with one attached hydrogen (secondary N) is 1. The number of aliphatic hydroxyl groups is 2. The van der Waals surface area contributed by atoms with Crippen molar-refractivity contribution in [2.24, 2.45) is 0 Å². The fraction of sp³-hybridized carbons (Fsp3) is 0.250. The highest BCUT2D eigenvalue weighted by Crippen LogP contribution is 1.92. The zero-order chi connectivity index (χ0) is 14.3. The first kappa shape index (κ1) is 15.5. The summed E-state index contributed by atoms with van der Waals surface area (Å²) in [6, 6.07) is 1.39. The van der Waals surface area contributed by atoms with E-state index in [1.54, 1.807) is 0 Å². The summed E-state index contributed by atoms with van der Waals surface area (Å²) in [4.78, 5) is 29.5. The van der Waals surface area contributed by atoms with Crippen LogP contribution in [0.4, 0.5) is 0 Å². The number of H-pyrrole nitrogens is 1. The molecule has 0 radical (unpaired) electrons. The standard InChI is InChI=1S/C4H4N2O2.C4H6O6/c7-4(8)3-1-2-5-6-3;5-1(3(7)8)2(6)4(9)10/h1-2H,(H,5,6)(H,7,8);1-2,5-6H,(H,7,8)(H,9,10). The van der Waals surface area contributed by atoms with Crippen LogP contribution >= 0.6 is 0 Å². The first-order valence-electron chi connectivity index (χ1n) is 4.32. The molecule has 0 bridgehead atoms. The van der Waals surface area contributed by atoms with Gasteiger partial charge < -0.3 is 25.5 Å². The second-order valence-electron chi connectivity index (χ2n) is 2.83. The lowest BCUT2D eigenvalue weighted by Gasteiger charge is -2.07. The first-order valence-corrected chi connectivity index (χ1v) is 4.32. The maximum absolute atomic E-state index is 9.98. The van der Waals surface area contributed by atoms with Crippen LogP contribution in [0.3, 0.4) is 0 Å². The number of rotatable bonds is 4. The molecule has 1 rings (SSSR count). The van der Waals surface area contributed by atoms with E-state index in [9.17, 15) is 14.4 Å². The van der Waals surface area contributed by atoms with Gasteiger partial charge in [-0.15, -0.1) is 0 Å². The summed E-state index contributed by atoms with van der Waals surface area (Å²) >= 11 is 0. The molecule has 1 aromatic rings. The number of hydrogen-bond donors (Lipinski definition) is 6. The second kappa shape index (κ2) is 6.98. The summed E-state index contributed by atoms with van der Waals surface area (Å²) < 4.78 is 0. The van der Waals surface area contributed by atoms with Crippen LogP contribution in [0, 0.1) is 0 Å². The Morgan fingerprint density at radius 1 is 1.06 bits per heavy atom. The van der Waals surface area contributed by atoms with Gasteiger partial charge in [0, 0.05) is 6.20 Å². The molecule has 0 saturated heterocycles. The quantitative estimate of drug-likeness (QED) is 0.357. The number of carboxylic acid groups (broad SMARTS) is 3. The normalized spacial score (nSPS) is 12.8. The van der Waals surface area contributed by atoms with E-state index in [1.807, 2.05) is 0 Å².